The Morgan fingerprint density at radius 1 is 1.19 bits per heavy atom. The van der Waals surface area contributed by atoms with Crippen LogP contribution in [-0.4, -0.2) is 17.1 Å². The second kappa shape index (κ2) is 8.13. The monoisotopic (exact) mass is 383 g/mol. The van der Waals surface area contributed by atoms with E-state index in [1.807, 2.05) is 42.8 Å². The van der Waals surface area contributed by atoms with Gasteiger partial charge >= 0.3 is 0 Å². The van der Waals surface area contributed by atoms with Crippen molar-refractivity contribution in [1.82, 2.24) is 9.97 Å². The quantitative estimate of drug-likeness (QED) is 0.568. The Hall–Kier alpha value is -2.69. The zero-order valence-electron chi connectivity index (χ0n) is 14.6. The highest BCUT2D eigenvalue weighted by molar-refractivity contribution is 7.11. The van der Waals surface area contributed by atoms with Crippen molar-refractivity contribution < 1.29 is 9.47 Å². The van der Waals surface area contributed by atoms with E-state index in [2.05, 4.69) is 16.0 Å². The molecule has 26 heavy (non-hydrogen) atoms. The Kier molecular flexibility index (Phi) is 5.66. The number of aryl methyl sites for hydroxylation is 2. The molecule has 132 valence electrons. The van der Waals surface area contributed by atoms with Crippen LogP contribution >= 0.6 is 22.7 Å². The number of aromatic nitrogens is 2. The molecule has 0 bridgehead atoms. The topological polar surface area (TPSA) is 68.0 Å². The van der Waals surface area contributed by atoms with Crippen LogP contribution in [0.5, 0.6) is 11.5 Å². The molecule has 5 nitrogen and oxygen atoms in total. The van der Waals surface area contributed by atoms with Gasteiger partial charge in [0.1, 0.15) is 17.7 Å². The fraction of sp³-hybridized carbons (Fsp3) is 0.211. The Bertz CT molecular complexity index is 983. The zero-order chi connectivity index (χ0) is 18.5. The van der Waals surface area contributed by atoms with E-state index in [4.69, 9.17) is 9.47 Å². The lowest BCUT2D eigenvalue weighted by molar-refractivity contribution is 0.281. The van der Waals surface area contributed by atoms with Gasteiger partial charge in [-0.05, 0) is 37.6 Å². The predicted octanol–water partition coefficient (Wildman–Crippen LogP) is 4.87. The van der Waals surface area contributed by atoms with Crippen LogP contribution < -0.4 is 9.47 Å². The molecule has 2 aromatic heterocycles. The largest absolute Gasteiger partial charge is 0.493 e. The molecule has 3 rings (SSSR count). The standard InChI is InChI=1S/C19H17N3O2S2/c1-12-10-26-19(21-12)15(8-20)6-14-4-5-17(18(7-14)23-3)24-9-16-11-25-13(2)22-16/h4-7,10-11H,9H2,1-3H3/b15-6+. The van der Waals surface area contributed by atoms with Crippen LogP contribution in [0, 0.1) is 25.2 Å². The lowest BCUT2D eigenvalue weighted by Crippen LogP contribution is -1.98. The van der Waals surface area contributed by atoms with Gasteiger partial charge in [0.2, 0.25) is 0 Å². The zero-order valence-corrected chi connectivity index (χ0v) is 16.3. The smallest absolute Gasteiger partial charge is 0.161 e. The normalized spacial score (nSPS) is 11.2. The highest BCUT2D eigenvalue weighted by Crippen LogP contribution is 2.31. The van der Waals surface area contributed by atoms with Crippen molar-refractivity contribution in [3.63, 3.8) is 0 Å². The van der Waals surface area contributed by atoms with E-state index in [0.29, 0.717) is 28.7 Å². The maximum absolute atomic E-state index is 9.43. The highest BCUT2D eigenvalue weighted by Gasteiger charge is 2.09. The van der Waals surface area contributed by atoms with Gasteiger partial charge in [0.05, 0.1) is 23.4 Å². The highest BCUT2D eigenvalue weighted by atomic mass is 32.1. The molecular formula is C19H17N3O2S2. The minimum Gasteiger partial charge on any atom is -0.493 e. The number of nitrogens with zero attached hydrogens (tertiary/aromatic N) is 3. The summed E-state index contributed by atoms with van der Waals surface area (Å²) >= 11 is 3.05. The Labute approximate surface area is 160 Å². The molecule has 0 fully saturated rings. The number of rotatable bonds is 6. The van der Waals surface area contributed by atoms with Crippen molar-refractivity contribution in [2.75, 3.05) is 7.11 Å². The summed E-state index contributed by atoms with van der Waals surface area (Å²) in [5.41, 5.74) is 3.18. The molecule has 0 N–H and O–H groups in total. The van der Waals surface area contributed by atoms with Crippen molar-refractivity contribution in [1.29, 1.82) is 5.26 Å². The van der Waals surface area contributed by atoms with Crippen LogP contribution in [-0.2, 0) is 6.61 Å². The van der Waals surface area contributed by atoms with Gasteiger partial charge in [0.25, 0.3) is 0 Å². The van der Waals surface area contributed by atoms with E-state index >= 15 is 0 Å². The summed E-state index contributed by atoms with van der Waals surface area (Å²) < 4.78 is 11.3. The summed E-state index contributed by atoms with van der Waals surface area (Å²) in [6.07, 6.45) is 1.80. The molecule has 0 atom stereocenters. The minimum atomic E-state index is 0.387. The van der Waals surface area contributed by atoms with Gasteiger partial charge in [-0.15, -0.1) is 22.7 Å². The first kappa shape index (κ1) is 18.1. The molecule has 0 aliphatic rings. The number of benzene rings is 1. The number of hydrogen-bond acceptors (Lipinski definition) is 7. The Balaban J connectivity index is 1.81. The number of thiazole rings is 2. The maximum atomic E-state index is 9.43. The van der Waals surface area contributed by atoms with Crippen LogP contribution in [0.15, 0.2) is 29.0 Å². The molecule has 0 amide bonds. The van der Waals surface area contributed by atoms with E-state index in [0.717, 1.165) is 22.0 Å². The molecule has 1 aromatic carbocycles. The fourth-order valence-corrected chi connectivity index (χ4v) is 3.67. The minimum absolute atomic E-state index is 0.387. The van der Waals surface area contributed by atoms with Gasteiger partial charge < -0.3 is 9.47 Å². The van der Waals surface area contributed by atoms with Crippen molar-refractivity contribution in [2.45, 2.75) is 20.5 Å². The molecule has 0 unspecified atom stereocenters. The average molecular weight is 383 g/mol. The van der Waals surface area contributed by atoms with E-state index in [1.54, 1.807) is 24.5 Å². The third kappa shape index (κ3) is 4.28. The molecule has 0 radical (unpaired) electrons. The van der Waals surface area contributed by atoms with Crippen molar-refractivity contribution in [2.24, 2.45) is 0 Å². The third-order valence-corrected chi connectivity index (χ3v) is 5.33. The Morgan fingerprint density at radius 3 is 2.65 bits per heavy atom. The van der Waals surface area contributed by atoms with Crippen LogP contribution in [0.2, 0.25) is 0 Å². The maximum Gasteiger partial charge on any atom is 0.161 e. The van der Waals surface area contributed by atoms with E-state index < -0.39 is 0 Å². The lowest BCUT2D eigenvalue weighted by atomic mass is 10.1. The summed E-state index contributed by atoms with van der Waals surface area (Å²) in [5.74, 6) is 1.25. The predicted molar refractivity (Wildman–Crippen MR) is 105 cm³/mol. The van der Waals surface area contributed by atoms with Crippen LogP contribution in [0.3, 0.4) is 0 Å². The summed E-state index contributed by atoms with van der Waals surface area (Å²) in [6, 6.07) is 7.79. The average Bonchev–Trinajstić information content (AvgIpc) is 3.26. The first-order valence-electron chi connectivity index (χ1n) is 7.85. The van der Waals surface area contributed by atoms with Gasteiger partial charge in [-0.2, -0.15) is 5.26 Å². The van der Waals surface area contributed by atoms with Crippen molar-refractivity contribution in [3.05, 3.63) is 55.9 Å². The summed E-state index contributed by atoms with van der Waals surface area (Å²) in [7, 11) is 1.60. The molecule has 0 saturated heterocycles. The van der Waals surface area contributed by atoms with Gasteiger partial charge in [0, 0.05) is 16.5 Å². The second-order valence-electron chi connectivity index (χ2n) is 5.52. The second-order valence-corrected chi connectivity index (χ2v) is 7.44. The number of methoxy groups -OCH3 is 1. The molecule has 3 aromatic rings. The molecule has 0 spiro atoms. The number of ether oxygens (including phenoxy) is 2. The van der Waals surface area contributed by atoms with Gasteiger partial charge in [-0.25, -0.2) is 9.97 Å². The van der Waals surface area contributed by atoms with Crippen molar-refractivity contribution >= 4 is 34.3 Å². The van der Waals surface area contributed by atoms with Gasteiger partial charge in [-0.1, -0.05) is 6.07 Å². The third-order valence-electron chi connectivity index (χ3n) is 3.51. The summed E-state index contributed by atoms with van der Waals surface area (Å²) in [6.45, 7) is 4.26. The first-order valence-corrected chi connectivity index (χ1v) is 9.61. The Morgan fingerprint density at radius 2 is 2.04 bits per heavy atom. The van der Waals surface area contributed by atoms with E-state index in [9.17, 15) is 5.26 Å². The van der Waals surface area contributed by atoms with Gasteiger partial charge in [-0.3, -0.25) is 0 Å². The lowest BCUT2D eigenvalue weighted by Gasteiger charge is -2.10. The van der Waals surface area contributed by atoms with Crippen LogP contribution in [0.25, 0.3) is 11.6 Å². The molecular weight excluding hydrogens is 366 g/mol. The summed E-state index contributed by atoms with van der Waals surface area (Å²) in [5, 5.41) is 15.1. The fourth-order valence-electron chi connectivity index (χ4n) is 2.31. The number of hydrogen-bond donors (Lipinski definition) is 0. The number of allylic oxidation sites excluding steroid dienone is 1. The van der Waals surface area contributed by atoms with E-state index in [-0.39, 0.29) is 0 Å². The summed E-state index contributed by atoms with van der Waals surface area (Å²) in [4.78, 5) is 8.76. The molecule has 7 heteroatoms. The molecule has 0 aliphatic heterocycles. The van der Waals surface area contributed by atoms with Crippen molar-refractivity contribution in [3.8, 4) is 17.6 Å². The van der Waals surface area contributed by atoms with Crippen LogP contribution in [0.4, 0.5) is 0 Å². The number of nitriles is 1. The van der Waals surface area contributed by atoms with E-state index in [1.165, 1.54) is 11.3 Å². The first-order chi connectivity index (χ1) is 12.6. The molecule has 2 heterocycles. The SMILES string of the molecule is COc1cc(/C=C(\C#N)c2nc(C)cs2)ccc1OCc1csc(C)n1. The van der Waals surface area contributed by atoms with Gasteiger partial charge in [0.15, 0.2) is 11.5 Å². The molecule has 0 saturated carbocycles. The van der Waals surface area contributed by atoms with Crippen LogP contribution in [0.1, 0.15) is 27.0 Å². The molecule has 0 aliphatic carbocycles.